The molecule has 7 nitrogen and oxygen atoms in total. The number of benzene rings is 1. The first kappa shape index (κ1) is 17.0. The van der Waals surface area contributed by atoms with Gasteiger partial charge in [-0.1, -0.05) is 12.1 Å². The number of hydrogen-bond donors (Lipinski definition) is 0. The van der Waals surface area contributed by atoms with Crippen molar-refractivity contribution in [2.24, 2.45) is 7.05 Å². The average Bonchev–Trinajstić information content (AvgIpc) is 3.08. The summed E-state index contributed by atoms with van der Waals surface area (Å²) in [5, 5.41) is 5.33. The minimum atomic E-state index is -0.106. The maximum absolute atomic E-state index is 12.5. The predicted octanol–water partition coefficient (Wildman–Crippen LogP) is 1.60. The molecular formula is C18H21N5O2S. The molecule has 3 aromatic rings. The van der Waals surface area contributed by atoms with Crippen LogP contribution in [0.5, 0.6) is 0 Å². The zero-order valence-corrected chi connectivity index (χ0v) is 15.5. The van der Waals surface area contributed by atoms with Crippen LogP contribution in [0, 0.1) is 0 Å². The van der Waals surface area contributed by atoms with Crippen LogP contribution in [0.3, 0.4) is 0 Å². The van der Waals surface area contributed by atoms with Gasteiger partial charge in [-0.25, -0.2) is 14.5 Å². The van der Waals surface area contributed by atoms with Crippen molar-refractivity contribution < 1.29 is 4.79 Å². The summed E-state index contributed by atoms with van der Waals surface area (Å²) in [7, 11) is 1.66. The molecule has 4 rings (SSSR count). The first-order valence-electron chi connectivity index (χ1n) is 8.87. The summed E-state index contributed by atoms with van der Waals surface area (Å²) >= 11 is 1.70. The molecular weight excluding hydrogens is 350 g/mol. The van der Waals surface area contributed by atoms with Gasteiger partial charge in [0.05, 0.1) is 15.2 Å². The Morgan fingerprint density at radius 2 is 2.08 bits per heavy atom. The van der Waals surface area contributed by atoms with E-state index in [4.69, 9.17) is 0 Å². The fourth-order valence-electron chi connectivity index (χ4n) is 3.36. The number of aryl methyl sites for hydroxylation is 2. The highest BCUT2D eigenvalue weighted by Gasteiger charge is 2.21. The third kappa shape index (κ3) is 3.29. The first-order chi connectivity index (χ1) is 12.6. The van der Waals surface area contributed by atoms with Gasteiger partial charge >= 0.3 is 5.69 Å². The summed E-state index contributed by atoms with van der Waals surface area (Å²) in [5.41, 5.74) is 0.924. The normalized spacial score (nSPS) is 14.4. The third-order valence-corrected chi connectivity index (χ3v) is 5.85. The third-order valence-electron chi connectivity index (χ3n) is 4.76. The lowest BCUT2D eigenvalue weighted by Gasteiger charge is -2.19. The summed E-state index contributed by atoms with van der Waals surface area (Å²) in [6, 6.07) is 8.11. The van der Waals surface area contributed by atoms with E-state index >= 15 is 0 Å². The maximum atomic E-state index is 12.5. The number of amides is 1. The van der Waals surface area contributed by atoms with Crippen LogP contribution in [0.2, 0.25) is 0 Å². The quantitative estimate of drug-likeness (QED) is 0.698. The van der Waals surface area contributed by atoms with E-state index in [0.717, 1.165) is 29.2 Å². The summed E-state index contributed by atoms with van der Waals surface area (Å²) in [5.74, 6) is 0.913. The van der Waals surface area contributed by atoms with Gasteiger partial charge in [0.25, 0.3) is 0 Å². The number of aromatic nitrogens is 4. The highest BCUT2D eigenvalue weighted by Crippen LogP contribution is 2.22. The number of fused-ring (bicyclic) bond motifs is 2. The van der Waals surface area contributed by atoms with E-state index in [0.29, 0.717) is 32.5 Å². The number of thiazole rings is 1. The second-order valence-corrected chi connectivity index (χ2v) is 7.65. The van der Waals surface area contributed by atoms with Gasteiger partial charge in [-0.2, -0.15) is 5.10 Å². The lowest BCUT2D eigenvalue weighted by molar-refractivity contribution is -0.131. The van der Waals surface area contributed by atoms with Crippen LogP contribution in [0.25, 0.3) is 10.2 Å². The molecule has 0 saturated carbocycles. The van der Waals surface area contributed by atoms with Crippen LogP contribution in [-0.4, -0.2) is 43.2 Å². The Balaban J connectivity index is 1.32. The molecule has 0 spiro atoms. The highest BCUT2D eigenvalue weighted by atomic mass is 32.1. The smallest absolute Gasteiger partial charge is 0.340 e. The molecule has 3 heterocycles. The van der Waals surface area contributed by atoms with Crippen molar-refractivity contribution in [2.75, 3.05) is 13.1 Å². The van der Waals surface area contributed by atoms with E-state index in [9.17, 15) is 9.59 Å². The second-order valence-electron chi connectivity index (χ2n) is 6.53. The number of rotatable bonds is 4. The molecule has 0 bridgehead atoms. The molecule has 0 saturated heterocycles. The van der Waals surface area contributed by atoms with Gasteiger partial charge < -0.3 is 4.90 Å². The molecule has 0 atom stereocenters. The van der Waals surface area contributed by atoms with Gasteiger partial charge in [0.1, 0.15) is 5.82 Å². The summed E-state index contributed by atoms with van der Waals surface area (Å²) in [6.07, 6.45) is 2.75. The van der Waals surface area contributed by atoms with Gasteiger partial charge in [-0.15, -0.1) is 11.3 Å². The number of hydrogen-bond acceptors (Lipinski definition) is 5. The van der Waals surface area contributed by atoms with Crippen molar-refractivity contribution in [3.8, 4) is 0 Å². The maximum Gasteiger partial charge on any atom is 0.345 e. The number of carbonyl (C=O) groups is 1. The van der Waals surface area contributed by atoms with E-state index in [1.54, 1.807) is 23.0 Å². The van der Waals surface area contributed by atoms with Gasteiger partial charge in [0.2, 0.25) is 5.91 Å². The second kappa shape index (κ2) is 7.03. The molecule has 26 heavy (non-hydrogen) atoms. The van der Waals surface area contributed by atoms with Gasteiger partial charge in [0.15, 0.2) is 0 Å². The molecule has 0 N–H and O–H groups in total. The van der Waals surface area contributed by atoms with Gasteiger partial charge in [-0.3, -0.25) is 9.36 Å². The Morgan fingerprint density at radius 1 is 1.23 bits per heavy atom. The zero-order chi connectivity index (χ0) is 18.1. The van der Waals surface area contributed by atoms with Crippen molar-refractivity contribution >= 4 is 27.5 Å². The molecule has 136 valence electrons. The summed E-state index contributed by atoms with van der Waals surface area (Å²) in [4.78, 5) is 31.0. The highest BCUT2D eigenvalue weighted by molar-refractivity contribution is 7.18. The minimum absolute atomic E-state index is 0.106. The molecule has 1 aliphatic rings. The van der Waals surface area contributed by atoms with Crippen LogP contribution in [0.1, 0.15) is 23.7 Å². The average molecular weight is 371 g/mol. The lowest BCUT2D eigenvalue weighted by Crippen LogP contribution is -2.34. The van der Waals surface area contributed by atoms with E-state index in [1.165, 1.54) is 9.38 Å². The van der Waals surface area contributed by atoms with Crippen molar-refractivity contribution in [3.05, 3.63) is 45.6 Å². The molecule has 0 fully saturated rings. The van der Waals surface area contributed by atoms with Crippen LogP contribution >= 0.6 is 11.3 Å². The van der Waals surface area contributed by atoms with Crippen LogP contribution < -0.4 is 5.69 Å². The number of para-hydroxylation sites is 1. The van der Waals surface area contributed by atoms with Crippen LogP contribution in [-0.2, 0) is 31.2 Å². The van der Waals surface area contributed by atoms with Crippen molar-refractivity contribution in [1.29, 1.82) is 0 Å². The monoisotopic (exact) mass is 371 g/mol. The van der Waals surface area contributed by atoms with Crippen molar-refractivity contribution in [3.63, 3.8) is 0 Å². The van der Waals surface area contributed by atoms with Crippen LogP contribution in [0.15, 0.2) is 29.1 Å². The van der Waals surface area contributed by atoms with E-state index in [2.05, 4.69) is 16.1 Å². The Labute approximate surface area is 154 Å². The van der Waals surface area contributed by atoms with E-state index in [-0.39, 0.29) is 11.6 Å². The Bertz CT molecular complexity index is 970. The first-order valence-corrected chi connectivity index (χ1v) is 9.68. The standard InChI is InChI=1S/C18H21N5O2S/c1-21-18(25)23-12-11-22(10-9-15(23)20-21)17(24)8-4-7-16-19-13-5-2-3-6-14(13)26-16/h2-3,5-6H,4,7-12H2,1H3. The fourth-order valence-corrected chi connectivity index (χ4v) is 4.37. The zero-order valence-electron chi connectivity index (χ0n) is 14.7. The largest absolute Gasteiger partial charge is 0.345 e. The topological polar surface area (TPSA) is 73.0 Å². The van der Waals surface area contributed by atoms with Crippen molar-refractivity contribution in [2.45, 2.75) is 32.2 Å². The molecule has 0 aliphatic carbocycles. The van der Waals surface area contributed by atoms with Gasteiger partial charge in [-0.05, 0) is 25.0 Å². The Hall–Kier alpha value is -2.48. The van der Waals surface area contributed by atoms with Crippen LogP contribution in [0.4, 0.5) is 0 Å². The molecule has 2 aromatic heterocycles. The lowest BCUT2D eigenvalue weighted by atomic mass is 10.2. The SMILES string of the molecule is Cn1nc2n(c1=O)CCN(C(=O)CCCc1nc3ccccc3s1)CC2. The fraction of sp³-hybridized carbons (Fsp3) is 0.444. The minimum Gasteiger partial charge on any atom is -0.340 e. The molecule has 1 amide bonds. The van der Waals surface area contributed by atoms with E-state index in [1.807, 2.05) is 23.1 Å². The molecule has 0 radical (unpaired) electrons. The van der Waals surface area contributed by atoms with Gasteiger partial charge in [0, 0.05) is 39.5 Å². The summed E-state index contributed by atoms with van der Waals surface area (Å²) in [6.45, 7) is 1.71. The Kier molecular flexibility index (Phi) is 4.58. The van der Waals surface area contributed by atoms with Crippen molar-refractivity contribution in [1.82, 2.24) is 24.2 Å². The summed E-state index contributed by atoms with van der Waals surface area (Å²) < 4.78 is 4.23. The number of nitrogens with zero attached hydrogens (tertiary/aromatic N) is 5. The van der Waals surface area contributed by atoms with E-state index < -0.39 is 0 Å². The molecule has 1 aliphatic heterocycles. The predicted molar refractivity (Wildman–Crippen MR) is 100 cm³/mol. The molecule has 8 heteroatoms. The molecule has 1 aromatic carbocycles. The molecule has 0 unspecified atom stereocenters. The number of carbonyl (C=O) groups excluding carboxylic acids is 1. The Morgan fingerprint density at radius 3 is 2.92 bits per heavy atom.